The summed E-state index contributed by atoms with van der Waals surface area (Å²) in [5.74, 6) is -0.182. The molecule has 2 aromatic carbocycles. The second kappa shape index (κ2) is 6.93. The number of nitrogens with zero attached hydrogens (tertiary/aromatic N) is 3. The van der Waals surface area contributed by atoms with E-state index in [1.165, 1.54) is 16.4 Å². The molecule has 4 N–H and O–H groups in total. The number of fused-ring (bicyclic) bond motifs is 1. The van der Waals surface area contributed by atoms with Crippen molar-refractivity contribution in [1.29, 1.82) is 0 Å². The molecule has 1 heterocycles. The molecule has 0 radical (unpaired) electrons. The maximum Gasteiger partial charge on any atom is 0.268 e. The average Bonchev–Trinajstić information content (AvgIpc) is 2.94. The molecule has 9 heteroatoms. The highest BCUT2D eigenvalue weighted by Crippen LogP contribution is 2.28. The molecule has 3 rings (SSSR count). The van der Waals surface area contributed by atoms with Gasteiger partial charge < -0.3 is 11.5 Å². The Labute approximate surface area is 159 Å². The first-order valence-electron chi connectivity index (χ1n) is 7.54. The first kappa shape index (κ1) is 18.2. The van der Waals surface area contributed by atoms with E-state index < -0.39 is 10.0 Å². The largest absolute Gasteiger partial charge is 0.369 e. The van der Waals surface area contributed by atoms with Crippen molar-refractivity contribution in [3.05, 3.63) is 64.3 Å². The van der Waals surface area contributed by atoms with E-state index in [4.69, 9.17) is 11.5 Å². The molecule has 3 aromatic rings. The lowest BCUT2D eigenvalue weighted by molar-refractivity contribution is 0.589. The van der Waals surface area contributed by atoms with E-state index in [1.807, 2.05) is 13.0 Å². The summed E-state index contributed by atoms with van der Waals surface area (Å²) in [6, 6.07) is 12.0. The number of hydrogen-bond donors (Lipinski definition) is 2. The fraction of sp³-hybridized carbons (Fsp3) is 0.0588. The van der Waals surface area contributed by atoms with Crippen LogP contribution in [-0.2, 0) is 10.0 Å². The third-order valence-corrected chi connectivity index (χ3v) is 5.89. The third kappa shape index (κ3) is 3.49. The molecular formula is C17H16BrN5O2S. The topological polar surface area (TPSA) is 116 Å². The number of halogens is 1. The monoisotopic (exact) mass is 433 g/mol. The molecule has 0 amide bonds. The van der Waals surface area contributed by atoms with Crippen molar-refractivity contribution in [2.24, 2.45) is 21.7 Å². The van der Waals surface area contributed by atoms with Gasteiger partial charge in [0.05, 0.1) is 16.6 Å². The minimum atomic E-state index is -3.76. The zero-order valence-corrected chi connectivity index (χ0v) is 16.2. The van der Waals surface area contributed by atoms with Crippen LogP contribution in [0.2, 0.25) is 0 Å². The van der Waals surface area contributed by atoms with Gasteiger partial charge in [0.2, 0.25) is 5.96 Å². The van der Waals surface area contributed by atoms with Gasteiger partial charge in [0.15, 0.2) is 0 Å². The van der Waals surface area contributed by atoms with Gasteiger partial charge in [0.1, 0.15) is 0 Å². The van der Waals surface area contributed by atoms with E-state index in [0.29, 0.717) is 16.5 Å². The summed E-state index contributed by atoms with van der Waals surface area (Å²) in [5, 5.41) is 8.05. The summed E-state index contributed by atoms with van der Waals surface area (Å²) >= 11 is 3.40. The van der Waals surface area contributed by atoms with E-state index in [9.17, 15) is 8.42 Å². The first-order valence-corrected chi connectivity index (χ1v) is 9.77. The molecule has 0 spiro atoms. The van der Waals surface area contributed by atoms with Crippen LogP contribution < -0.4 is 11.5 Å². The molecule has 0 fully saturated rings. The van der Waals surface area contributed by atoms with Crippen LogP contribution >= 0.6 is 15.9 Å². The number of rotatable bonds is 4. The second-order valence-corrected chi connectivity index (χ2v) is 8.36. The van der Waals surface area contributed by atoms with E-state index in [0.717, 1.165) is 10.0 Å². The Bertz CT molecular complexity index is 1130. The molecule has 0 atom stereocenters. The minimum absolute atomic E-state index is 0.182. The highest BCUT2D eigenvalue weighted by Gasteiger charge is 2.21. The molecule has 1 aromatic heterocycles. The third-order valence-electron chi connectivity index (χ3n) is 3.71. The fourth-order valence-electron chi connectivity index (χ4n) is 2.48. The molecule has 7 nitrogen and oxygen atoms in total. The smallest absolute Gasteiger partial charge is 0.268 e. The van der Waals surface area contributed by atoms with E-state index >= 15 is 0 Å². The second-order valence-electron chi connectivity index (χ2n) is 5.63. The highest BCUT2D eigenvalue weighted by molar-refractivity contribution is 9.10. The number of hydrogen-bond acceptors (Lipinski definition) is 4. The predicted octanol–water partition coefficient (Wildman–Crippen LogP) is 2.56. The Kier molecular flexibility index (Phi) is 4.84. The minimum Gasteiger partial charge on any atom is -0.369 e. The first-order chi connectivity index (χ1) is 12.3. The molecule has 0 aliphatic heterocycles. The molecule has 26 heavy (non-hydrogen) atoms. The molecule has 134 valence electrons. The maximum atomic E-state index is 13.1. The van der Waals surface area contributed by atoms with Crippen molar-refractivity contribution in [3.8, 4) is 0 Å². The number of benzene rings is 2. The normalized spacial score (nSPS) is 11.9. The number of aryl methyl sites for hydroxylation is 1. The lowest BCUT2D eigenvalue weighted by Gasteiger charge is -2.08. The van der Waals surface area contributed by atoms with Crippen LogP contribution in [0.5, 0.6) is 0 Å². The summed E-state index contributed by atoms with van der Waals surface area (Å²) in [4.78, 5) is 0.204. The standard InChI is InChI=1S/C17H16BrN5O2S/c1-11-2-5-14(6-3-11)26(24,25)23-10-12(9-21-22-17(19)20)15-8-13(18)4-7-16(15)23/h2-10H,1H3,(H4,19,20,22)/b21-9-. The van der Waals surface area contributed by atoms with Gasteiger partial charge in [-0.25, -0.2) is 12.4 Å². The van der Waals surface area contributed by atoms with Crippen LogP contribution in [0.15, 0.2) is 68.2 Å². The Balaban J connectivity index is 2.22. The lowest BCUT2D eigenvalue weighted by atomic mass is 10.2. The molecule has 0 saturated heterocycles. The summed E-state index contributed by atoms with van der Waals surface area (Å²) in [7, 11) is -3.76. The van der Waals surface area contributed by atoms with Gasteiger partial charge in [-0.15, -0.1) is 5.10 Å². The molecule has 0 unspecified atom stereocenters. The Morgan fingerprint density at radius 1 is 1.15 bits per heavy atom. The summed E-state index contributed by atoms with van der Waals surface area (Å²) in [6.07, 6.45) is 2.91. The Morgan fingerprint density at radius 3 is 2.50 bits per heavy atom. The van der Waals surface area contributed by atoms with Gasteiger partial charge in [0.25, 0.3) is 10.0 Å². The van der Waals surface area contributed by atoms with Crippen LogP contribution in [0, 0.1) is 6.92 Å². The van der Waals surface area contributed by atoms with Gasteiger partial charge in [0, 0.05) is 21.6 Å². The predicted molar refractivity (Wildman–Crippen MR) is 107 cm³/mol. The highest BCUT2D eigenvalue weighted by atomic mass is 79.9. The molecule has 0 saturated carbocycles. The van der Waals surface area contributed by atoms with Crippen molar-refractivity contribution >= 4 is 49.0 Å². The van der Waals surface area contributed by atoms with Gasteiger partial charge in [-0.05, 0) is 37.3 Å². The SMILES string of the molecule is Cc1ccc(S(=O)(=O)n2cc(/C=N\N=C(N)N)c3cc(Br)ccc32)cc1. The van der Waals surface area contributed by atoms with Crippen molar-refractivity contribution in [2.45, 2.75) is 11.8 Å². The number of nitrogens with two attached hydrogens (primary N) is 2. The van der Waals surface area contributed by atoms with Crippen LogP contribution in [-0.4, -0.2) is 24.6 Å². The van der Waals surface area contributed by atoms with Crippen LogP contribution in [0.3, 0.4) is 0 Å². The van der Waals surface area contributed by atoms with Crippen LogP contribution in [0.1, 0.15) is 11.1 Å². The van der Waals surface area contributed by atoms with Crippen LogP contribution in [0.4, 0.5) is 0 Å². The van der Waals surface area contributed by atoms with Crippen molar-refractivity contribution in [3.63, 3.8) is 0 Å². The van der Waals surface area contributed by atoms with Crippen molar-refractivity contribution in [1.82, 2.24) is 3.97 Å². The summed E-state index contributed by atoms with van der Waals surface area (Å²) in [6.45, 7) is 1.90. The fourth-order valence-corrected chi connectivity index (χ4v) is 4.22. The molecular weight excluding hydrogens is 418 g/mol. The lowest BCUT2D eigenvalue weighted by Crippen LogP contribution is -2.21. The van der Waals surface area contributed by atoms with Gasteiger partial charge in [-0.3, -0.25) is 0 Å². The van der Waals surface area contributed by atoms with E-state index in [2.05, 4.69) is 26.1 Å². The molecule has 0 aliphatic rings. The quantitative estimate of drug-likeness (QED) is 0.373. The Hall–Kier alpha value is -2.65. The Morgan fingerprint density at radius 2 is 1.85 bits per heavy atom. The van der Waals surface area contributed by atoms with Crippen molar-refractivity contribution < 1.29 is 8.42 Å². The zero-order valence-electron chi connectivity index (χ0n) is 13.8. The summed E-state index contributed by atoms with van der Waals surface area (Å²) in [5.41, 5.74) is 12.6. The van der Waals surface area contributed by atoms with Gasteiger partial charge >= 0.3 is 0 Å². The number of guanidine groups is 1. The van der Waals surface area contributed by atoms with E-state index in [1.54, 1.807) is 36.4 Å². The molecule has 0 aliphatic carbocycles. The molecule has 0 bridgehead atoms. The summed E-state index contributed by atoms with van der Waals surface area (Å²) < 4.78 is 28.2. The van der Waals surface area contributed by atoms with Crippen LogP contribution in [0.25, 0.3) is 10.9 Å². The average molecular weight is 434 g/mol. The van der Waals surface area contributed by atoms with E-state index in [-0.39, 0.29) is 10.9 Å². The maximum absolute atomic E-state index is 13.1. The van der Waals surface area contributed by atoms with Gasteiger partial charge in [-0.2, -0.15) is 5.10 Å². The zero-order chi connectivity index (χ0) is 18.9. The van der Waals surface area contributed by atoms with Crippen molar-refractivity contribution in [2.75, 3.05) is 0 Å². The number of aromatic nitrogens is 1. The van der Waals surface area contributed by atoms with Gasteiger partial charge in [-0.1, -0.05) is 33.6 Å².